The largest absolute Gasteiger partial charge is 0.358 e. The molecule has 22 heavy (non-hydrogen) atoms. The van der Waals surface area contributed by atoms with E-state index in [1.807, 2.05) is 0 Å². The van der Waals surface area contributed by atoms with Gasteiger partial charge in [0.15, 0.2) is 0 Å². The third-order valence-electron chi connectivity index (χ3n) is 4.81. The van der Waals surface area contributed by atoms with Crippen LogP contribution in [-0.4, -0.2) is 34.6 Å². The molecule has 1 aliphatic rings. The van der Waals surface area contributed by atoms with Crippen molar-refractivity contribution >= 4 is 0 Å². The molecule has 0 radical (unpaired) electrons. The Kier molecular flexibility index (Phi) is 5.33. The number of aryl methyl sites for hydroxylation is 1. The van der Waals surface area contributed by atoms with Crippen molar-refractivity contribution in [3.05, 3.63) is 47.2 Å². The third-order valence-corrected chi connectivity index (χ3v) is 4.81. The van der Waals surface area contributed by atoms with Crippen molar-refractivity contribution in [3.8, 4) is 0 Å². The van der Waals surface area contributed by atoms with Crippen LogP contribution in [0.1, 0.15) is 53.5 Å². The van der Waals surface area contributed by atoms with Gasteiger partial charge in [-0.3, -0.25) is 4.90 Å². The van der Waals surface area contributed by atoms with Gasteiger partial charge in [0.1, 0.15) is 0 Å². The molecule has 0 bridgehead atoms. The second kappa shape index (κ2) is 6.87. The molecule has 2 heteroatoms. The van der Waals surface area contributed by atoms with Gasteiger partial charge in [0, 0.05) is 18.3 Å². The van der Waals surface area contributed by atoms with Gasteiger partial charge >= 0.3 is 0 Å². The smallest absolute Gasteiger partial charge is 0.0715 e. The summed E-state index contributed by atoms with van der Waals surface area (Å²) < 4.78 is 0. The summed E-state index contributed by atoms with van der Waals surface area (Å²) in [6.45, 7) is 16.1. The molecule has 1 aliphatic heterocycles. The molecule has 0 amide bonds. The van der Waals surface area contributed by atoms with Crippen LogP contribution < -0.4 is 0 Å². The van der Waals surface area contributed by atoms with Gasteiger partial charge in [-0.1, -0.05) is 35.9 Å². The Morgan fingerprint density at radius 1 is 1.14 bits per heavy atom. The summed E-state index contributed by atoms with van der Waals surface area (Å²) in [5.74, 6) is 0. The molecule has 122 valence electrons. The monoisotopic (exact) mass is 300 g/mol. The van der Waals surface area contributed by atoms with Gasteiger partial charge in [0.25, 0.3) is 0 Å². The molecule has 1 aromatic rings. The van der Waals surface area contributed by atoms with Crippen molar-refractivity contribution in [2.75, 3.05) is 13.2 Å². The van der Waals surface area contributed by atoms with E-state index in [1.165, 1.54) is 29.7 Å². The summed E-state index contributed by atoms with van der Waals surface area (Å²) in [4.78, 5) is 5.20. The SMILES string of the molecule is CC(C)=C1N(C(C)C)CN(CCCc2ccccc2)C1(C)C. The lowest BCUT2D eigenvalue weighted by atomic mass is 9.95. The number of benzene rings is 1. The first-order valence-corrected chi connectivity index (χ1v) is 8.57. The zero-order valence-corrected chi connectivity index (χ0v) is 15.2. The number of allylic oxidation sites excluding steroid dienone is 1. The van der Waals surface area contributed by atoms with Gasteiger partial charge in [-0.15, -0.1) is 0 Å². The molecule has 1 saturated heterocycles. The molecule has 0 N–H and O–H groups in total. The molecule has 0 atom stereocenters. The lowest BCUT2D eigenvalue weighted by molar-refractivity contribution is 0.166. The molecular formula is C20H32N2. The highest BCUT2D eigenvalue weighted by atomic mass is 15.4. The highest BCUT2D eigenvalue weighted by Gasteiger charge is 2.42. The van der Waals surface area contributed by atoms with Gasteiger partial charge in [-0.25, -0.2) is 0 Å². The standard InChI is InChI=1S/C20H32N2/c1-16(2)19-20(5,6)21(15-22(19)17(3)4)14-10-13-18-11-8-7-9-12-18/h7-9,11-12,17H,10,13-15H2,1-6H3. The van der Waals surface area contributed by atoms with Crippen molar-refractivity contribution in [2.45, 2.75) is 66.0 Å². The fourth-order valence-electron chi connectivity index (χ4n) is 3.72. The van der Waals surface area contributed by atoms with Crippen LogP contribution in [0.2, 0.25) is 0 Å². The molecule has 1 fully saturated rings. The van der Waals surface area contributed by atoms with E-state index in [0.29, 0.717) is 6.04 Å². The van der Waals surface area contributed by atoms with Gasteiger partial charge < -0.3 is 4.90 Å². The van der Waals surface area contributed by atoms with E-state index in [0.717, 1.165) is 13.2 Å². The van der Waals surface area contributed by atoms with Crippen LogP contribution in [-0.2, 0) is 6.42 Å². The molecule has 0 saturated carbocycles. The van der Waals surface area contributed by atoms with Gasteiger partial charge in [0.05, 0.1) is 12.2 Å². The Morgan fingerprint density at radius 3 is 2.27 bits per heavy atom. The Bertz CT molecular complexity index is 510. The maximum absolute atomic E-state index is 2.64. The van der Waals surface area contributed by atoms with E-state index in [9.17, 15) is 0 Å². The average Bonchev–Trinajstić information content (AvgIpc) is 2.72. The maximum atomic E-state index is 2.64. The van der Waals surface area contributed by atoms with Crippen LogP contribution in [0.5, 0.6) is 0 Å². The minimum atomic E-state index is 0.139. The van der Waals surface area contributed by atoms with Crippen molar-refractivity contribution in [1.82, 2.24) is 9.80 Å². The Balaban J connectivity index is 2.04. The molecule has 2 rings (SSSR count). The number of nitrogens with zero attached hydrogens (tertiary/aromatic N) is 2. The topological polar surface area (TPSA) is 6.48 Å². The molecule has 1 heterocycles. The van der Waals surface area contributed by atoms with Crippen LogP contribution >= 0.6 is 0 Å². The normalized spacial score (nSPS) is 18.3. The molecule has 0 aliphatic carbocycles. The first-order valence-electron chi connectivity index (χ1n) is 8.57. The van der Waals surface area contributed by atoms with Crippen LogP contribution in [0, 0.1) is 0 Å². The summed E-state index contributed by atoms with van der Waals surface area (Å²) in [6, 6.07) is 11.4. The first-order chi connectivity index (χ1) is 10.3. The van der Waals surface area contributed by atoms with Crippen molar-refractivity contribution in [3.63, 3.8) is 0 Å². The zero-order valence-electron chi connectivity index (χ0n) is 15.2. The second-order valence-electron chi connectivity index (χ2n) is 7.47. The summed E-state index contributed by atoms with van der Waals surface area (Å²) in [7, 11) is 0. The Labute approximate surface area is 136 Å². The van der Waals surface area contributed by atoms with Crippen LogP contribution in [0.4, 0.5) is 0 Å². The second-order valence-corrected chi connectivity index (χ2v) is 7.47. The predicted octanol–water partition coefficient (Wildman–Crippen LogP) is 4.68. The van der Waals surface area contributed by atoms with Crippen LogP contribution in [0.25, 0.3) is 0 Å². The highest BCUT2D eigenvalue weighted by Crippen LogP contribution is 2.37. The predicted molar refractivity (Wildman–Crippen MR) is 95.8 cm³/mol. The van der Waals surface area contributed by atoms with Crippen molar-refractivity contribution in [2.24, 2.45) is 0 Å². The summed E-state index contributed by atoms with van der Waals surface area (Å²) >= 11 is 0. The van der Waals surface area contributed by atoms with Crippen molar-refractivity contribution < 1.29 is 0 Å². The molecule has 2 nitrogen and oxygen atoms in total. The Hall–Kier alpha value is -1.28. The highest BCUT2D eigenvalue weighted by molar-refractivity contribution is 5.26. The molecule has 1 aromatic carbocycles. The van der Waals surface area contributed by atoms with E-state index in [1.54, 1.807) is 0 Å². The van der Waals surface area contributed by atoms with Gasteiger partial charge in [-0.2, -0.15) is 0 Å². The first kappa shape index (κ1) is 17.1. The van der Waals surface area contributed by atoms with E-state index in [4.69, 9.17) is 0 Å². The zero-order chi connectivity index (χ0) is 16.3. The number of hydrogen-bond donors (Lipinski definition) is 0. The van der Waals surface area contributed by atoms with Crippen molar-refractivity contribution in [1.29, 1.82) is 0 Å². The summed E-state index contributed by atoms with van der Waals surface area (Å²) in [6.07, 6.45) is 2.38. The third kappa shape index (κ3) is 3.55. The van der Waals surface area contributed by atoms with E-state index in [-0.39, 0.29) is 5.54 Å². The minimum absolute atomic E-state index is 0.139. The van der Waals surface area contributed by atoms with E-state index in [2.05, 4.69) is 81.7 Å². The summed E-state index contributed by atoms with van der Waals surface area (Å²) in [5.41, 5.74) is 4.55. The Morgan fingerprint density at radius 2 is 1.77 bits per heavy atom. The lowest BCUT2D eigenvalue weighted by Crippen LogP contribution is -2.40. The fraction of sp³-hybridized carbons (Fsp3) is 0.600. The fourth-order valence-corrected chi connectivity index (χ4v) is 3.72. The van der Waals surface area contributed by atoms with Gasteiger partial charge in [0.2, 0.25) is 0 Å². The van der Waals surface area contributed by atoms with E-state index < -0.39 is 0 Å². The van der Waals surface area contributed by atoms with E-state index >= 15 is 0 Å². The average molecular weight is 300 g/mol. The molecule has 0 spiro atoms. The number of rotatable bonds is 5. The number of hydrogen-bond acceptors (Lipinski definition) is 2. The van der Waals surface area contributed by atoms with Crippen LogP contribution in [0.3, 0.4) is 0 Å². The lowest BCUT2D eigenvalue weighted by Gasteiger charge is -2.32. The quantitative estimate of drug-likeness (QED) is 0.779. The molecule has 0 aromatic heterocycles. The van der Waals surface area contributed by atoms with Gasteiger partial charge in [-0.05, 0) is 59.9 Å². The van der Waals surface area contributed by atoms with Crippen LogP contribution in [0.15, 0.2) is 41.6 Å². The maximum Gasteiger partial charge on any atom is 0.0715 e. The molecular weight excluding hydrogens is 268 g/mol. The minimum Gasteiger partial charge on any atom is -0.358 e. The molecule has 0 unspecified atom stereocenters. The summed E-state index contributed by atoms with van der Waals surface area (Å²) in [5, 5.41) is 0.